The second kappa shape index (κ2) is 7.28. The Kier molecular flexibility index (Phi) is 5.71. The Morgan fingerprint density at radius 2 is 1.85 bits per heavy atom. The number of hydrogen-bond donors (Lipinski definition) is 2. The number of carbonyl (C=O) groups is 3. The molecule has 0 aliphatic carbocycles. The van der Waals surface area contributed by atoms with Crippen LogP contribution in [0, 0.1) is 5.92 Å². The summed E-state index contributed by atoms with van der Waals surface area (Å²) in [7, 11) is 1.22. The van der Waals surface area contributed by atoms with Crippen molar-refractivity contribution in [2.24, 2.45) is 5.92 Å². The number of carboxylic acids is 1. The smallest absolute Gasteiger partial charge is 0.328 e. The summed E-state index contributed by atoms with van der Waals surface area (Å²) in [5.74, 6) is -3.80. The molecular weight excluding hydrogens is 262 g/mol. The normalized spacial score (nSPS) is 13.1. The fourth-order valence-corrected chi connectivity index (χ4v) is 1.59. The summed E-state index contributed by atoms with van der Waals surface area (Å²) in [5.41, 5.74) is 0.839. The van der Waals surface area contributed by atoms with Crippen LogP contribution in [0.4, 0.5) is 0 Å². The molecule has 108 valence electrons. The van der Waals surface area contributed by atoms with Gasteiger partial charge in [-0.05, 0) is 12.5 Å². The summed E-state index contributed by atoms with van der Waals surface area (Å²) in [6, 6.07) is 8.17. The second-order valence-corrected chi connectivity index (χ2v) is 4.33. The standard InChI is InChI=1S/C14H17NO5/c1-9(13(17)18)12(16)15-11(14(19)20-2)8-10-6-4-3-5-7-10/h3-7,9,11H,8H2,1-2H3,(H,15,16)(H,17,18). The summed E-state index contributed by atoms with van der Waals surface area (Å²) >= 11 is 0. The predicted molar refractivity (Wildman–Crippen MR) is 70.9 cm³/mol. The van der Waals surface area contributed by atoms with Crippen LogP contribution in [0.2, 0.25) is 0 Å². The molecule has 6 heteroatoms. The number of carbonyl (C=O) groups excluding carboxylic acids is 2. The highest BCUT2D eigenvalue weighted by molar-refractivity contribution is 5.98. The molecule has 2 atom stereocenters. The van der Waals surface area contributed by atoms with Gasteiger partial charge in [0.15, 0.2) is 0 Å². The third-order valence-corrected chi connectivity index (χ3v) is 2.85. The molecule has 1 amide bonds. The van der Waals surface area contributed by atoms with E-state index < -0.39 is 29.8 Å². The van der Waals surface area contributed by atoms with Gasteiger partial charge in [0.05, 0.1) is 7.11 Å². The van der Waals surface area contributed by atoms with E-state index in [1.54, 1.807) is 0 Å². The van der Waals surface area contributed by atoms with Crippen molar-refractivity contribution in [1.82, 2.24) is 5.32 Å². The van der Waals surface area contributed by atoms with E-state index in [2.05, 4.69) is 10.1 Å². The molecule has 0 heterocycles. The van der Waals surface area contributed by atoms with E-state index in [1.807, 2.05) is 30.3 Å². The average molecular weight is 279 g/mol. The third kappa shape index (κ3) is 4.38. The van der Waals surface area contributed by atoms with E-state index in [0.717, 1.165) is 5.56 Å². The predicted octanol–water partition coefficient (Wildman–Crippen LogP) is 0.608. The van der Waals surface area contributed by atoms with Gasteiger partial charge in [-0.2, -0.15) is 0 Å². The molecular formula is C14H17NO5. The zero-order chi connectivity index (χ0) is 15.1. The Labute approximate surface area is 116 Å². The van der Waals surface area contributed by atoms with Gasteiger partial charge in [-0.15, -0.1) is 0 Å². The number of ether oxygens (including phenoxy) is 1. The maximum Gasteiger partial charge on any atom is 0.328 e. The highest BCUT2D eigenvalue weighted by Crippen LogP contribution is 2.06. The van der Waals surface area contributed by atoms with Gasteiger partial charge in [0.2, 0.25) is 5.91 Å². The van der Waals surface area contributed by atoms with Crippen molar-refractivity contribution in [3.05, 3.63) is 35.9 Å². The van der Waals surface area contributed by atoms with E-state index in [0.29, 0.717) is 0 Å². The van der Waals surface area contributed by atoms with E-state index in [4.69, 9.17) is 5.11 Å². The largest absolute Gasteiger partial charge is 0.481 e. The molecule has 0 aromatic heterocycles. The number of hydrogen-bond acceptors (Lipinski definition) is 4. The number of rotatable bonds is 6. The van der Waals surface area contributed by atoms with Gasteiger partial charge in [-0.1, -0.05) is 30.3 Å². The number of amides is 1. The van der Waals surface area contributed by atoms with Crippen molar-refractivity contribution in [3.63, 3.8) is 0 Å². The molecule has 0 saturated carbocycles. The summed E-state index contributed by atoms with van der Waals surface area (Å²) in [6.07, 6.45) is 0.242. The Balaban J connectivity index is 2.78. The lowest BCUT2D eigenvalue weighted by atomic mass is 10.0. The minimum Gasteiger partial charge on any atom is -0.481 e. The number of benzene rings is 1. The Morgan fingerprint density at radius 3 is 2.35 bits per heavy atom. The van der Waals surface area contributed by atoms with Crippen LogP contribution in [0.3, 0.4) is 0 Å². The summed E-state index contributed by atoms with van der Waals surface area (Å²) < 4.78 is 4.62. The molecule has 2 unspecified atom stereocenters. The van der Waals surface area contributed by atoms with Gasteiger partial charge in [0, 0.05) is 6.42 Å². The Hall–Kier alpha value is -2.37. The number of esters is 1. The maximum atomic E-state index is 11.7. The molecule has 0 spiro atoms. The van der Waals surface area contributed by atoms with Crippen molar-refractivity contribution < 1.29 is 24.2 Å². The minimum absolute atomic E-state index is 0.242. The van der Waals surface area contributed by atoms with Gasteiger partial charge in [0.25, 0.3) is 0 Å². The van der Waals surface area contributed by atoms with Crippen molar-refractivity contribution in [1.29, 1.82) is 0 Å². The number of aliphatic carboxylic acids is 1. The fraction of sp³-hybridized carbons (Fsp3) is 0.357. The van der Waals surface area contributed by atoms with Crippen LogP contribution in [0.1, 0.15) is 12.5 Å². The SMILES string of the molecule is COC(=O)C(Cc1ccccc1)NC(=O)C(C)C(=O)O. The first-order valence-electron chi connectivity index (χ1n) is 6.10. The molecule has 0 saturated heterocycles. The van der Waals surface area contributed by atoms with Crippen LogP contribution in [0.25, 0.3) is 0 Å². The molecule has 1 aromatic carbocycles. The lowest BCUT2D eigenvalue weighted by Gasteiger charge is -2.18. The van der Waals surface area contributed by atoms with Gasteiger partial charge >= 0.3 is 11.9 Å². The number of methoxy groups -OCH3 is 1. The van der Waals surface area contributed by atoms with Crippen molar-refractivity contribution >= 4 is 17.8 Å². The van der Waals surface area contributed by atoms with Gasteiger partial charge < -0.3 is 15.2 Å². The molecule has 0 radical (unpaired) electrons. The quantitative estimate of drug-likeness (QED) is 0.588. The zero-order valence-electron chi connectivity index (χ0n) is 11.3. The molecule has 6 nitrogen and oxygen atoms in total. The molecule has 0 aliphatic heterocycles. The van der Waals surface area contributed by atoms with E-state index in [-0.39, 0.29) is 6.42 Å². The highest BCUT2D eigenvalue weighted by Gasteiger charge is 2.27. The minimum atomic E-state index is -1.24. The maximum absolute atomic E-state index is 11.7. The van der Waals surface area contributed by atoms with Gasteiger partial charge in [-0.3, -0.25) is 9.59 Å². The first-order valence-corrected chi connectivity index (χ1v) is 6.10. The van der Waals surface area contributed by atoms with Crippen molar-refractivity contribution in [3.8, 4) is 0 Å². The summed E-state index contributed by atoms with van der Waals surface area (Å²) in [5, 5.41) is 11.2. The molecule has 0 bridgehead atoms. The average Bonchev–Trinajstić information content (AvgIpc) is 2.45. The summed E-state index contributed by atoms with van der Waals surface area (Å²) in [6.45, 7) is 1.26. The lowest BCUT2D eigenvalue weighted by Crippen LogP contribution is -2.46. The van der Waals surface area contributed by atoms with E-state index in [9.17, 15) is 14.4 Å². The van der Waals surface area contributed by atoms with Gasteiger partial charge in [0.1, 0.15) is 12.0 Å². The Bertz CT molecular complexity index is 486. The van der Waals surface area contributed by atoms with Gasteiger partial charge in [-0.25, -0.2) is 4.79 Å². The first-order chi connectivity index (χ1) is 9.45. The van der Waals surface area contributed by atoms with Crippen LogP contribution in [0.5, 0.6) is 0 Å². The molecule has 0 aliphatic rings. The van der Waals surface area contributed by atoms with Crippen LogP contribution >= 0.6 is 0 Å². The summed E-state index contributed by atoms with van der Waals surface area (Å²) in [4.78, 5) is 34.1. The number of carboxylic acid groups (broad SMARTS) is 1. The third-order valence-electron chi connectivity index (χ3n) is 2.85. The molecule has 20 heavy (non-hydrogen) atoms. The van der Waals surface area contributed by atoms with Crippen molar-refractivity contribution in [2.75, 3.05) is 7.11 Å². The monoisotopic (exact) mass is 279 g/mol. The molecule has 1 rings (SSSR count). The molecule has 0 fully saturated rings. The number of nitrogens with one attached hydrogen (secondary N) is 1. The zero-order valence-corrected chi connectivity index (χ0v) is 11.3. The molecule has 1 aromatic rings. The van der Waals surface area contributed by atoms with Crippen molar-refractivity contribution in [2.45, 2.75) is 19.4 Å². The molecule has 2 N–H and O–H groups in total. The van der Waals surface area contributed by atoms with Crippen LogP contribution < -0.4 is 5.32 Å². The topological polar surface area (TPSA) is 92.7 Å². The van der Waals surface area contributed by atoms with Crippen LogP contribution in [-0.4, -0.2) is 36.1 Å². The Morgan fingerprint density at radius 1 is 1.25 bits per heavy atom. The second-order valence-electron chi connectivity index (χ2n) is 4.33. The van der Waals surface area contributed by atoms with E-state index in [1.165, 1.54) is 14.0 Å². The first kappa shape index (κ1) is 15.7. The lowest BCUT2D eigenvalue weighted by molar-refractivity contribution is -0.150. The highest BCUT2D eigenvalue weighted by atomic mass is 16.5. The van der Waals surface area contributed by atoms with Crippen LogP contribution in [-0.2, 0) is 25.5 Å². The van der Waals surface area contributed by atoms with E-state index >= 15 is 0 Å². The van der Waals surface area contributed by atoms with Crippen LogP contribution in [0.15, 0.2) is 30.3 Å². The fourth-order valence-electron chi connectivity index (χ4n) is 1.59.